The molecule has 7 nitrogen and oxygen atoms in total. The second-order valence-corrected chi connectivity index (χ2v) is 4.42. The molecule has 0 atom stereocenters. The number of hydrogen-bond donors (Lipinski definition) is 0. The Kier molecular flexibility index (Phi) is 3.58. The minimum atomic E-state index is -0.231. The lowest BCUT2D eigenvalue weighted by Gasteiger charge is -2.03. The van der Waals surface area contributed by atoms with Gasteiger partial charge >= 0.3 is 5.69 Å². The van der Waals surface area contributed by atoms with Crippen LogP contribution in [-0.2, 0) is 6.54 Å². The Morgan fingerprint density at radius 1 is 1.27 bits per heavy atom. The Hall–Kier alpha value is -3.14. The van der Waals surface area contributed by atoms with Crippen LogP contribution in [0.15, 0.2) is 35.6 Å². The third-order valence-corrected chi connectivity index (χ3v) is 3.20. The van der Waals surface area contributed by atoms with Crippen LogP contribution in [0.5, 0.6) is 5.88 Å². The molecule has 3 heterocycles. The van der Waals surface area contributed by atoms with E-state index < -0.39 is 0 Å². The second-order valence-electron chi connectivity index (χ2n) is 4.42. The first-order valence-electron chi connectivity index (χ1n) is 6.57. The third kappa shape index (κ3) is 2.20. The number of pyridine rings is 1. The van der Waals surface area contributed by atoms with E-state index in [0.29, 0.717) is 22.7 Å². The third-order valence-electron chi connectivity index (χ3n) is 3.20. The zero-order valence-electron chi connectivity index (χ0n) is 12.1. The quantitative estimate of drug-likeness (QED) is 0.674. The number of aromatic nitrogens is 5. The van der Waals surface area contributed by atoms with Crippen molar-refractivity contribution in [2.45, 2.75) is 13.5 Å². The number of fused-ring (bicyclic) bond motifs is 1. The molecule has 0 unspecified atom stereocenters. The lowest BCUT2D eigenvalue weighted by atomic mass is 10.4. The molecule has 0 aliphatic heterocycles. The molecule has 0 saturated carbocycles. The minimum absolute atomic E-state index is 0.231. The molecule has 0 bridgehead atoms. The van der Waals surface area contributed by atoms with Crippen molar-refractivity contribution in [3.8, 4) is 23.4 Å². The van der Waals surface area contributed by atoms with Crippen molar-refractivity contribution in [2.24, 2.45) is 0 Å². The molecule has 3 aromatic heterocycles. The largest absolute Gasteiger partial charge is 0.481 e. The number of methoxy groups -OCH3 is 1. The number of hydrogen-bond acceptors (Lipinski definition) is 5. The van der Waals surface area contributed by atoms with Crippen LogP contribution in [0.1, 0.15) is 6.92 Å². The summed E-state index contributed by atoms with van der Waals surface area (Å²) in [4.78, 5) is 25.0. The molecule has 7 heteroatoms. The van der Waals surface area contributed by atoms with Gasteiger partial charge in [0.25, 0.3) is 0 Å². The highest BCUT2D eigenvalue weighted by Gasteiger charge is 2.15. The Morgan fingerprint density at radius 2 is 2.14 bits per heavy atom. The van der Waals surface area contributed by atoms with E-state index in [1.165, 1.54) is 22.6 Å². The predicted molar refractivity (Wildman–Crippen MR) is 80.9 cm³/mol. The molecular weight excluding hydrogens is 282 g/mol. The molecule has 0 aliphatic carbocycles. The van der Waals surface area contributed by atoms with Crippen molar-refractivity contribution < 1.29 is 4.74 Å². The van der Waals surface area contributed by atoms with Crippen molar-refractivity contribution >= 4 is 11.2 Å². The number of nitrogens with zero attached hydrogens (tertiary/aromatic N) is 5. The van der Waals surface area contributed by atoms with Gasteiger partial charge in [0.05, 0.1) is 31.7 Å². The standard InChI is InChI=1S/C15H13N5O2/c1-3-4-7-19-12-9-16-10-18-14(12)20(15(19)21)11-5-6-13(22-2)17-8-11/h5-6,8-10H,7H2,1-2H3. The van der Waals surface area contributed by atoms with Gasteiger partial charge in [-0.3, -0.25) is 4.57 Å². The monoisotopic (exact) mass is 295 g/mol. The Bertz CT molecular complexity index is 928. The molecule has 22 heavy (non-hydrogen) atoms. The van der Waals surface area contributed by atoms with Gasteiger partial charge in [-0.15, -0.1) is 5.92 Å². The van der Waals surface area contributed by atoms with E-state index in [1.54, 1.807) is 31.5 Å². The van der Waals surface area contributed by atoms with Gasteiger partial charge in [0.15, 0.2) is 5.65 Å². The van der Waals surface area contributed by atoms with E-state index in [9.17, 15) is 4.79 Å². The number of rotatable bonds is 3. The molecule has 3 aromatic rings. The molecule has 110 valence electrons. The van der Waals surface area contributed by atoms with Crippen LogP contribution in [0.2, 0.25) is 0 Å². The fourth-order valence-corrected chi connectivity index (χ4v) is 2.16. The summed E-state index contributed by atoms with van der Waals surface area (Å²) in [7, 11) is 1.54. The molecule has 0 saturated heterocycles. The van der Waals surface area contributed by atoms with Gasteiger partial charge in [-0.2, -0.15) is 0 Å². The molecule has 0 N–H and O–H groups in total. The highest BCUT2D eigenvalue weighted by Crippen LogP contribution is 2.15. The molecule has 0 spiro atoms. The van der Waals surface area contributed by atoms with Gasteiger partial charge in [0, 0.05) is 6.07 Å². The minimum Gasteiger partial charge on any atom is -0.481 e. The van der Waals surface area contributed by atoms with Crippen molar-refractivity contribution in [2.75, 3.05) is 7.11 Å². The lowest BCUT2D eigenvalue weighted by Crippen LogP contribution is -2.23. The summed E-state index contributed by atoms with van der Waals surface area (Å²) in [5.41, 5.74) is 1.53. The SMILES string of the molecule is CC#CCn1c(=O)n(-c2ccc(OC)nc2)c2ncncc21. The molecular formula is C15H13N5O2. The summed E-state index contributed by atoms with van der Waals surface area (Å²) in [5.74, 6) is 6.15. The molecule has 0 amide bonds. The summed E-state index contributed by atoms with van der Waals surface area (Å²) >= 11 is 0. The van der Waals surface area contributed by atoms with E-state index in [0.717, 1.165) is 0 Å². The van der Waals surface area contributed by atoms with E-state index in [2.05, 4.69) is 26.8 Å². The Labute approximate surface area is 126 Å². The smallest absolute Gasteiger partial charge is 0.335 e. The molecule has 3 rings (SSSR count). The average molecular weight is 295 g/mol. The lowest BCUT2D eigenvalue weighted by molar-refractivity contribution is 0.398. The summed E-state index contributed by atoms with van der Waals surface area (Å²) in [6, 6.07) is 3.45. The molecule has 0 fully saturated rings. The summed E-state index contributed by atoms with van der Waals surface area (Å²) in [6.45, 7) is 2.02. The second kappa shape index (κ2) is 5.69. The van der Waals surface area contributed by atoms with Gasteiger partial charge in [-0.05, 0) is 13.0 Å². The van der Waals surface area contributed by atoms with Gasteiger partial charge in [0.1, 0.15) is 11.8 Å². The van der Waals surface area contributed by atoms with Crippen LogP contribution in [0.3, 0.4) is 0 Å². The maximum Gasteiger partial charge on any atom is 0.335 e. The zero-order valence-corrected chi connectivity index (χ0v) is 12.1. The van der Waals surface area contributed by atoms with E-state index in [4.69, 9.17) is 4.74 Å². The maximum atomic E-state index is 12.7. The van der Waals surface area contributed by atoms with Crippen LogP contribution in [-0.4, -0.2) is 31.2 Å². The van der Waals surface area contributed by atoms with Crippen LogP contribution in [0, 0.1) is 11.8 Å². The van der Waals surface area contributed by atoms with Crippen LogP contribution in [0.4, 0.5) is 0 Å². The summed E-state index contributed by atoms with van der Waals surface area (Å²) < 4.78 is 8.06. The fraction of sp³-hybridized carbons (Fsp3) is 0.200. The number of imidazole rings is 1. The molecule has 0 aliphatic rings. The first-order valence-corrected chi connectivity index (χ1v) is 6.57. The van der Waals surface area contributed by atoms with Crippen LogP contribution in [0.25, 0.3) is 16.9 Å². The van der Waals surface area contributed by atoms with E-state index in [1.807, 2.05) is 0 Å². The summed E-state index contributed by atoms with van der Waals surface area (Å²) in [5, 5.41) is 0. The van der Waals surface area contributed by atoms with Gasteiger partial charge in [-0.25, -0.2) is 24.3 Å². The van der Waals surface area contributed by atoms with E-state index >= 15 is 0 Å². The topological polar surface area (TPSA) is 74.8 Å². The first-order chi connectivity index (χ1) is 10.8. The zero-order chi connectivity index (χ0) is 15.5. The van der Waals surface area contributed by atoms with Gasteiger partial charge < -0.3 is 4.74 Å². The van der Waals surface area contributed by atoms with Crippen LogP contribution >= 0.6 is 0 Å². The van der Waals surface area contributed by atoms with Crippen molar-refractivity contribution in [1.29, 1.82) is 0 Å². The van der Waals surface area contributed by atoms with Gasteiger partial charge in [-0.1, -0.05) is 5.92 Å². The maximum absolute atomic E-state index is 12.7. The van der Waals surface area contributed by atoms with Crippen LogP contribution < -0.4 is 10.4 Å². The van der Waals surface area contributed by atoms with Crippen molar-refractivity contribution in [3.63, 3.8) is 0 Å². The highest BCUT2D eigenvalue weighted by molar-refractivity contribution is 5.72. The molecule has 0 aromatic carbocycles. The number of ether oxygens (including phenoxy) is 1. The van der Waals surface area contributed by atoms with Crippen molar-refractivity contribution in [3.05, 3.63) is 41.3 Å². The summed E-state index contributed by atoms with van der Waals surface area (Å²) in [6.07, 6.45) is 4.58. The fourth-order valence-electron chi connectivity index (χ4n) is 2.16. The van der Waals surface area contributed by atoms with E-state index in [-0.39, 0.29) is 12.2 Å². The Morgan fingerprint density at radius 3 is 2.82 bits per heavy atom. The normalized spacial score (nSPS) is 10.3. The van der Waals surface area contributed by atoms with Gasteiger partial charge in [0.2, 0.25) is 5.88 Å². The first kappa shape index (κ1) is 13.8. The predicted octanol–water partition coefficient (Wildman–Crippen LogP) is 1.01. The Balaban J connectivity index is 2.25. The average Bonchev–Trinajstić information content (AvgIpc) is 2.85. The van der Waals surface area contributed by atoms with Crippen molar-refractivity contribution in [1.82, 2.24) is 24.1 Å². The highest BCUT2D eigenvalue weighted by atomic mass is 16.5. The molecule has 0 radical (unpaired) electrons.